The first kappa shape index (κ1) is 17.2. The Balaban J connectivity index is 1.69. The summed E-state index contributed by atoms with van der Waals surface area (Å²) < 4.78 is 0. The predicted molar refractivity (Wildman–Crippen MR) is 105 cm³/mol. The van der Waals surface area contributed by atoms with Crippen LogP contribution in [0.5, 0.6) is 0 Å². The van der Waals surface area contributed by atoms with Gasteiger partial charge in [0, 0.05) is 28.2 Å². The van der Waals surface area contributed by atoms with Crippen LogP contribution in [0.25, 0.3) is 11.3 Å². The highest BCUT2D eigenvalue weighted by molar-refractivity contribution is 7.14. The maximum Gasteiger partial charge on any atom is 0.226 e. The Hall–Kier alpha value is -2.66. The molecule has 0 unspecified atom stereocenters. The van der Waals surface area contributed by atoms with Crippen molar-refractivity contribution in [2.75, 3.05) is 10.6 Å². The average Bonchev–Trinajstić information content (AvgIpc) is 3.06. The van der Waals surface area contributed by atoms with Crippen molar-refractivity contribution in [3.63, 3.8) is 0 Å². The molecule has 2 aromatic carbocycles. The minimum absolute atomic E-state index is 0.0194. The van der Waals surface area contributed by atoms with Crippen LogP contribution < -0.4 is 10.6 Å². The second-order valence-corrected chi connectivity index (χ2v) is 7.11. The van der Waals surface area contributed by atoms with Crippen molar-refractivity contribution in [2.24, 2.45) is 5.92 Å². The summed E-state index contributed by atoms with van der Waals surface area (Å²) in [5, 5.41) is 9.10. The van der Waals surface area contributed by atoms with E-state index in [9.17, 15) is 4.79 Å². The average molecular weight is 351 g/mol. The van der Waals surface area contributed by atoms with Gasteiger partial charge in [0.1, 0.15) is 0 Å². The third-order valence-corrected chi connectivity index (χ3v) is 4.54. The highest BCUT2D eigenvalue weighted by Gasteiger charge is 2.08. The second-order valence-electron chi connectivity index (χ2n) is 6.25. The highest BCUT2D eigenvalue weighted by Crippen LogP contribution is 2.28. The summed E-state index contributed by atoms with van der Waals surface area (Å²) in [7, 11) is 0. The number of nitrogens with zero attached hydrogens (tertiary/aromatic N) is 1. The number of aromatic nitrogens is 1. The quantitative estimate of drug-likeness (QED) is 0.642. The van der Waals surface area contributed by atoms with E-state index in [1.807, 2.05) is 55.6 Å². The first-order valence-corrected chi connectivity index (χ1v) is 9.10. The van der Waals surface area contributed by atoms with E-state index in [0.29, 0.717) is 0 Å². The van der Waals surface area contributed by atoms with Crippen molar-refractivity contribution in [1.82, 2.24) is 4.98 Å². The van der Waals surface area contributed by atoms with Gasteiger partial charge in [-0.3, -0.25) is 4.79 Å². The molecule has 3 aromatic rings. The summed E-state index contributed by atoms with van der Waals surface area (Å²) in [5.74, 6) is -0.0142. The van der Waals surface area contributed by atoms with Crippen molar-refractivity contribution < 1.29 is 4.79 Å². The largest absolute Gasteiger partial charge is 0.332 e. The number of carbonyl (C=O) groups is 1. The van der Waals surface area contributed by atoms with Gasteiger partial charge in [-0.2, -0.15) is 0 Å². The lowest BCUT2D eigenvalue weighted by Gasteiger charge is -2.08. The zero-order chi connectivity index (χ0) is 17.8. The highest BCUT2D eigenvalue weighted by atomic mass is 32.1. The molecule has 0 aliphatic rings. The molecule has 0 spiro atoms. The van der Waals surface area contributed by atoms with Crippen LogP contribution in [0.15, 0.2) is 53.9 Å². The Morgan fingerprint density at radius 2 is 1.64 bits per heavy atom. The Morgan fingerprint density at radius 3 is 2.28 bits per heavy atom. The third-order valence-electron chi connectivity index (χ3n) is 3.78. The lowest BCUT2D eigenvalue weighted by Crippen LogP contribution is -2.17. The van der Waals surface area contributed by atoms with Gasteiger partial charge in [0.2, 0.25) is 5.91 Å². The van der Waals surface area contributed by atoms with Crippen molar-refractivity contribution in [1.29, 1.82) is 0 Å². The van der Waals surface area contributed by atoms with Crippen LogP contribution >= 0.6 is 11.3 Å². The van der Waals surface area contributed by atoms with Gasteiger partial charge in [-0.25, -0.2) is 4.98 Å². The van der Waals surface area contributed by atoms with Crippen molar-refractivity contribution in [3.05, 3.63) is 59.5 Å². The molecule has 0 atom stereocenters. The van der Waals surface area contributed by atoms with Gasteiger partial charge in [-0.15, -0.1) is 11.3 Å². The van der Waals surface area contributed by atoms with Gasteiger partial charge in [0.15, 0.2) is 5.13 Å². The molecule has 0 saturated carbocycles. The van der Waals surface area contributed by atoms with Crippen LogP contribution in [0.2, 0.25) is 0 Å². The number of anilines is 3. The fourth-order valence-corrected chi connectivity index (χ4v) is 2.97. The topological polar surface area (TPSA) is 54.0 Å². The van der Waals surface area contributed by atoms with Gasteiger partial charge in [0.05, 0.1) is 5.69 Å². The van der Waals surface area contributed by atoms with E-state index in [-0.39, 0.29) is 11.8 Å². The van der Waals surface area contributed by atoms with Crippen LogP contribution in [0.1, 0.15) is 19.4 Å². The smallest absolute Gasteiger partial charge is 0.226 e. The number of thiazole rings is 1. The van der Waals surface area contributed by atoms with Gasteiger partial charge < -0.3 is 10.6 Å². The zero-order valence-corrected chi connectivity index (χ0v) is 15.4. The molecular formula is C20H21N3OS. The van der Waals surface area contributed by atoms with Crippen LogP contribution in [0, 0.1) is 12.8 Å². The van der Waals surface area contributed by atoms with Crippen LogP contribution in [-0.4, -0.2) is 10.9 Å². The standard InChI is InChI=1S/C20H21N3OS/c1-13(2)19(24)21-16-10-6-15(7-11-16)18-12-25-20(23-18)22-17-8-4-14(3)5-9-17/h4-13H,1-3H3,(H,21,24)(H,22,23). The maximum absolute atomic E-state index is 11.7. The summed E-state index contributed by atoms with van der Waals surface area (Å²) in [6.07, 6.45) is 0. The molecule has 4 nitrogen and oxygen atoms in total. The SMILES string of the molecule is Cc1ccc(Nc2nc(-c3ccc(NC(=O)C(C)C)cc3)cs2)cc1. The van der Waals surface area contributed by atoms with Gasteiger partial charge in [-0.05, 0) is 31.2 Å². The summed E-state index contributed by atoms with van der Waals surface area (Å²) in [5.41, 5.74) is 5.00. The number of rotatable bonds is 5. The number of carbonyl (C=O) groups excluding carboxylic acids is 1. The molecule has 0 fully saturated rings. The number of amides is 1. The number of nitrogens with one attached hydrogen (secondary N) is 2. The molecule has 1 aromatic heterocycles. The molecule has 0 saturated heterocycles. The summed E-state index contributed by atoms with van der Waals surface area (Å²) in [6.45, 7) is 5.82. The molecule has 5 heteroatoms. The van der Waals surface area contributed by atoms with Crippen molar-refractivity contribution in [3.8, 4) is 11.3 Å². The second kappa shape index (κ2) is 7.49. The molecule has 2 N–H and O–H groups in total. The first-order chi connectivity index (χ1) is 12.0. The summed E-state index contributed by atoms with van der Waals surface area (Å²) in [6, 6.07) is 16.0. The summed E-state index contributed by atoms with van der Waals surface area (Å²) >= 11 is 1.57. The molecular weight excluding hydrogens is 330 g/mol. The molecule has 1 heterocycles. The Labute approximate surface area is 151 Å². The zero-order valence-electron chi connectivity index (χ0n) is 14.5. The summed E-state index contributed by atoms with van der Waals surface area (Å²) in [4.78, 5) is 16.4. The predicted octanol–water partition coefficient (Wildman–Crippen LogP) is 5.46. The Morgan fingerprint density at radius 1 is 1.00 bits per heavy atom. The van der Waals surface area contributed by atoms with Crippen LogP contribution in [-0.2, 0) is 4.79 Å². The first-order valence-electron chi connectivity index (χ1n) is 8.22. The van der Waals surface area contributed by atoms with E-state index >= 15 is 0 Å². The Kier molecular flexibility index (Phi) is 5.14. The number of benzene rings is 2. The maximum atomic E-state index is 11.7. The van der Waals surface area contributed by atoms with E-state index in [1.54, 1.807) is 11.3 Å². The van der Waals surface area contributed by atoms with Gasteiger partial charge >= 0.3 is 0 Å². The minimum Gasteiger partial charge on any atom is -0.332 e. The fraction of sp³-hybridized carbons (Fsp3) is 0.200. The lowest BCUT2D eigenvalue weighted by atomic mass is 10.1. The molecule has 25 heavy (non-hydrogen) atoms. The van der Waals surface area contributed by atoms with Crippen LogP contribution in [0.3, 0.4) is 0 Å². The third kappa shape index (κ3) is 4.45. The Bertz CT molecular complexity index is 851. The molecule has 0 radical (unpaired) electrons. The van der Waals surface area contributed by atoms with E-state index in [2.05, 4.69) is 34.7 Å². The van der Waals surface area contributed by atoms with Gasteiger partial charge in [0.25, 0.3) is 0 Å². The lowest BCUT2D eigenvalue weighted by molar-refractivity contribution is -0.118. The molecule has 128 valence electrons. The normalized spacial score (nSPS) is 10.7. The number of aryl methyl sites for hydroxylation is 1. The minimum atomic E-state index is -0.0337. The van der Waals surface area contributed by atoms with E-state index in [0.717, 1.165) is 27.8 Å². The van der Waals surface area contributed by atoms with E-state index in [4.69, 9.17) is 0 Å². The number of hydrogen-bond donors (Lipinski definition) is 2. The van der Waals surface area contributed by atoms with E-state index in [1.165, 1.54) is 5.56 Å². The molecule has 0 bridgehead atoms. The molecule has 1 amide bonds. The molecule has 0 aliphatic heterocycles. The van der Waals surface area contributed by atoms with Crippen molar-refractivity contribution in [2.45, 2.75) is 20.8 Å². The molecule has 3 rings (SSSR count). The molecule has 0 aliphatic carbocycles. The fourth-order valence-electron chi connectivity index (χ4n) is 2.24. The number of hydrogen-bond acceptors (Lipinski definition) is 4. The van der Waals surface area contributed by atoms with Crippen molar-refractivity contribution >= 4 is 33.8 Å². The monoisotopic (exact) mass is 351 g/mol. The van der Waals surface area contributed by atoms with Crippen LogP contribution in [0.4, 0.5) is 16.5 Å². The van der Waals surface area contributed by atoms with E-state index < -0.39 is 0 Å². The van der Waals surface area contributed by atoms with Gasteiger partial charge in [-0.1, -0.05) is 43.7 Å².